The van der Waals surface area contributed by atoms with Gasteiger partial charge >= 0.3 is 5.66 Å². The summed E-state index contributed by atoms with van der Waals surface area (Å²) in [6, 6.07) is 0. The summed E-state index contributed by atoms with van der Waals surface area (Å²) in [5.41, 5.74) is -2.74. The molecule has 0 radical (unpaired) electrons. The van der Waals surface area contributed by atoms with E-state index in [1.165, 1.54) is 38.5 Å². The smallest absolute Gasteiger partial charge is 0.287 e. The summed E-state index contributed by atoms with van der Waals surface area (Å²) in [5.74, 6) is 0. The maximum absolute atomic E-state index is 10.8. The fourth-order valence-electron chi connectivity index (χ4n) is 2.51. The number of hydrogen-bond acceptors (Lipinski definition) is 5. The van der Waals surface area contributed by atoms with Gasteiger partial charge in [0.05, 0.1) is 0 Å². The molecule has 0 rings (SSSR count). The van der Waals surface area contributed by atoms with E-state index in [2.05, 4.69) is 19.1 Å². The number of allylic oxidation sites excluding steroid dienone is 6. The number of nitrogens with zero attached hydrogens (tertiary/aromatic N) is 2. The van der Waals surface area contributed by atoms with Gasteiger partial charge < -0.3 is 0 Å². The largest absolute Gasteiger partial charge is 0.513 e. The molecule has 0 spiro atoms. The lowest BCUT2D eigenvalue weighted by Crippen LogP contribution is -2.47. The lowest BCUT2D eigenvalue weighted by Gasteiger charge is -2.09. The third-order valence-corrected chi connectivity index (χ3v) is 4.27. The van der Waals surface area contributed by atoms with Crippen LogP contribution in [0.2, 0.25) is 0 Å². The number of rotatable bonds is 17. The molecule has 0 aromatic rings. The molecule has 0 fully saturated rings. The van der Waals surface area contributed by atoms with Crippen molar-refractivity contribution < 1.29 is 14.6 Å². The van der Waals surface area contributed by atoms with Gasteiger partial charge in [0.2, 0.25) is 0 Å². The summed E-state index contributed by atoms with van der Waals surface area (Å²) in [7, 11) is 0. The first-order valence-corrected chi connectivity index (χ1v) is 9.71. The second kappa shape index (κ2) is 15.9. The van der Waals surface area contributed by atoms with E-state index in [-0.39, 0.29) is 12.7 Å². The Labute approximate surface area is 161 Å². The minimum Gasteiger partial charge on any atom is -0.287 e. The molecule has 0 aliphatic carbocycles. The van der Waals surface area contributed by atoms with Crippen molar-refractivity contribution in [1.29, 1.82) is 0 Å². The first kappa shape index (κ1) is 24.7. The molecular formula is C20H32N2O5. The second-order valence-electron chi connectivity index (χ2n) is 6.49. The monoisotopic (exact) mass is 380 g/mol. The van der Waals surface area contributed by atoms with Crippen molar-refractivity contribution in [2.24, 2.45) is 0 Å². The van der Waals surface area contributed by atoms with E-state index in [1.807, 2.05) is 12.2 Å². The topological polar surface area (TPSA) is 103 Å². The van der Waals surface area contributed by atoms with Crippen LogP contribution < -0.4 is 0 Å². The van der Waals surface area contributed by atoms with Crippen LogP contribution in [0.5, 0.6) is 0 Å². The van der Waals surface area contributed by atoms with Crippen molar-refractivity contribution in [3.63, 3.8) is 0 Å². The van der Waals surface area contributed by atoms with Gasteiger partial charge in [0.25, 0.3) is 6.29 Å². The maximum Gasteiger partial charge on any atom is 0.513 e. The van der Waals surface area contributed by atoms with Crippen molar-refractivity contribution in [3.8, 4) is 0 Å². The van der Waals surface area contributed by atoms with E-state index >= 15 is 0 Å². The fraction of sp³-hybridized carbons (Fsp3) is 0.650. The lowest BCUT2D eigenvalue weighted by atomic mass is 10.1. The number of carbonyl (C=O) groups is 1. The van der Waals surface area contributed by atoms with E-state index in [4.69, 9.17) is 0 Å². The summed E-state index contributed by atoms with van der Waals surface area (Å²) >= 11 is 0. The molecule has 0 atom stereocenters. The van der Waals surface area contributed by atoms with E-state index in [9.17, 15) is 25.0 Å². The van der Waals surface area contributed by atoms with Crippen LogP contribution in [0, 0.1) is 20.2 Å². The number of aldehydes is 1. The average Bonchev–Trinajstić information content (AvgIpc) is 2.64. The zero-order valence-corrected chi connectivity index (χ0v) is 16.3. The molecule has 7 nitrogen and oxygen atoms in total. The number of nitro groups is 2. The molecule has 152 valence electrons. The molecule has 0 heterocycles. The van der Waals surface area contributed by atoms with Crippen molar-refractivity contribution >= 4 is 6.29 Å². The highest BCUT2D eigenvalue weighted by atomic mass is 16.7. The number of unbranched alkanes of at least 4 members (excludes halogenated alkanes) is 6. The molecule has 0 unspecified atom stereocenters. The Kier molecular flexibility index (Phi) is 14.5. The molecule has 7 heteroatoms. The van der Waals surface area contributed by atoms with E-state index in [1.54, 1.807) is 12.2 Å². The van der Waals surface area contributed by atoms with Gasteiger partial charge in [0.15, 0.2) is 0 Å². The van der Waals surface area contributed by atoms with Gasteiger partial charge in [-0.05, 0) is 32.1 Å². The van der Waals surface area contributed by atoms with Gasteiger partial charge in [-0.3, -0.25) is 25.0 Å². The summed E-state index contributed by atoms with van der Waals surface area (Å²) in [6.07, 6.45) is 21.7. The molecule has 27 heavy (non-hydrogen) atoms. The normalized spacial score (nSPS) is 12.3. The predicted molar refractivity (Wildman–Crippen MR) is 107 cm³/mol. The Morgan fingerprint density at radius 1 is 0.741 bits per heavy atom. The average molecular weight is 380 g/mol. The molecule has 0 aromatic carbocycles. The summed E-state index contributed by atoms with van der Waals surface area (Å²) in [5, 5.41) is 21.6. The third-order valence-electron chi connectivity index (χ3n) is 4.27. The van der Waals surface area contributed by atoms with E-state index < -0.39 is 21.9 Å². The Morgan fingerprint density at radius 3 is 1.74 bits per heavy atom. The van der Waals surface area contributed by atoms with Crippen LogP contribution in [0.4, 0.5) is 0 Å². The highest BCUT2D eigenvalue weighted by Crippen LogP contribution is 2.16. The van der Waals surface area contributed by atoms with Crippen LogP contribution in [0.1, 0.15) is 77.6 Å². The van der Waals surface area contributed by atoms with Gasteiger partial charge in [0.1, 0.15) is 16.3 Å². The molecule has 0 bridgehead atoms. The molecule has 0 amide bonds. The predicted octanol–water partition coefficient (Wildman–Crippen LogP) is 5.41. The van der Waals surface area contributed by atoms with Crippen LogP contribution in [0.15, 0.2) is 36.5 Å². The van der Waals surface area contributed by atoms with Crippen LogP contribution in [-0.4, -0.2) is 21.8 Å². The minimum atomic E-state index is -2.74. The highest BCUT2D eigenvalue weighted by molar-refractivity contribution is 5.59. The van der Waals surface area contributed by atoms with Gasteiger partial charge in [-0.1, -0.05) is 75.5 Å². The fourth-order valence-corrected chi connectivity index (χ4v) is 2.51. The zero-order chi connectivity index (χ0) is 20.4. The summed E-state index contributed by atoms with van der Waals surface area (Å²) in [4.78, 5) is 30.1. The van der Waals surface area contributed by atoms with Gasteiger partial charge in [-0.15, -0.1) is 0 Å². The SMILES string of the molecule is CCCCCCCCC=CCC=CCC=CCCC(C=O)([N+](=O)[O-])[N+](=O)[O-]. The van der Waals surface area contributed by atoms with Crippen molar-refractivity contribution in [2.45, 2.75) is 83.2 Å². The van der Waals surface area contributed by atoms with Crippen molar-refractivity contribution in [3.05, 3.63) is 56.7 Å². The highest BCUT2D eigenvalue weighted by Gasteiger charge is 2.55. The maximum atomic E-state index is 10.8. The molecule has 0 aliphatic heterocycles. The Morgan fingerprint density at radius 2 is 1.22 bits per heavy atom. The van der Waals surface area contributed by atoms with Crippen molar-refractivity contribution in [1.82, 2.24) is 0 Å². The Bertz CT molecular complexity index is 512. The first-order chi connectivity index (χ1) is 13.0. The molecule has 0 saturated heterocycles. The molecule has 0 saturated carbocycles. The first-order valence-electron chi connectivity index (χ1n) is 9.71. The van der Waals surface area contributed by atoms with E-state index in [0.717, 1.165) is 12.8 Å². The van der Waals surface area contributed by atoms with Gasteiger partial charge in [-0.25, -0.2) is 0 Å². The third kappa shape index (κ3) is 11.1. The second-order valence-corrected chi connectivity index (χ2v) is 6.49. The van der Waals surface area contributed by atoms with Crippen LogP contribution >= 0.6 is 0 Å². The van der Waals surface area contributed by atoms with Crippen LogP contribution in [-0.2, 0) is 4.79 Å². The molecule has 0 N–H and O–H groups in total. The van der Waals surface area contributed by atoms with Crippen LogP contribution in [0.25, 0.3) is 0 Å². The zero-order valence-electron chi connectivity index (χ0n) is 16.3. The summed E-state index contributed by atoms with van der Waals surface area (Å²) in [6.45, 7) is 2.22. The number of hydrogen-bond donors (Lipinski definition) is 0. The molecule has 0 aliphatic rings. The lowest BCUT2D eigenvalue weighted by molar-refractivity contribution is -0.774. The standard InChI is InChI=1S/C20H32N2O5/c1-2-3-4-5-6-7-8-9-10-11-12-13-14-15-16-17-18-20(19-23,21(24)25)22(26)27/h9-10,12-13,15-16,19H,2-8,11,14,17-18H2,1H3. The molecular weight excluding hydrogens is 348 g/mol. The number of carbonyl (C=O) groups excluding carboxylic acids is 1. The van der Waals surface area contributed by atoms with Crippen LogP contribution in [0.3, 0.4) is 0 Å². The van der Waals surface area contributed by atoms with Crippen molar-refractivity contribution in [2.75, 3.05) is 0 Å². The quantitative estimate of drug-likeness (QED) is 0.0837. The Hall–Kier alpha value is -2.31. The summed E-state index contributed by atoms with van der Waals surface area (Å²) < 4.78 is 0. The van der Waals surface area contributed by atoms with Gasteiger partial charge in [0, 0.05) is 0 Å². The van der Waals surface area contributed by atoms with Gasteiger partial charge in [-0.2, -0.15) is 0 Å². The molecule has 0 aromatic heterocycles. The van der Waals surface area contributed by atoms with E-state index in [0.29, 0.717) is 6.42 Å². The minimum absolute atomic E-state index is 0.104. The Balaban J connectivity index is 3.85.